The summed E-state index contributed by atoms with van der Waals surface area (Å²) in [5.41, 5.74) is 3.78. The predicted octanol–water partition coefficient (Wildman–Crippen LogP) is 4.69. The molecule has 2 atom stereocenters. The third-order valence-corrected chi connectivity index (χ3v) is 5.20. The molecular weight excluding hydrogens is 319 g/mol. The van der Waals surface area contributed by atoms with Crippen LogP contribution in [0.4, 0.5) is 4.39 Å². The zero-order valence-electron chi connectivity index (χ0n) is 11.3. The van der Waals surface area contributed by atoms with Crippen LogP contribution in [0.1, 0.15) is 21.5 Å². The van der Waals surface area contributed by atoms with Crippen LogP contribution in [0, 0.1) is 11.7 Å². The Morgan fingerprint density at radius 2 is 2.05 bits per heavy atom. The van der Waals surface area contributed by atoms with Gasteiger partial charge in [-0.15, -0.1) is 0 Å². The van der Waals surface area contributed by atoms with Gasteiger partial charge < -0.3 is 4.74 Å². The maximum Gasteiger partial charge on any atom is 0.165 e. The number of rotatable bonds is 3. The Morgan fingerprint density at radius 3 is 2.75 bits per heavy atom. The first kappa shape index (κ1) is 13.6. The van der Waals surface area contributed by atoms with Crippen molar-refractivity contribution in [3.63, 3.8) is 0 Å². The van der Waals surface area contributed by atoms with E-state index in [0.29, 0.717) is 16.5 Å². The first-order valence-electron chi connectivity index (χ1n) is 6.73. The highest BCUT2D eigenvalue weighted by Gasteiger charge is 2.30. The number of hydrogen-bond donors (Lipinski definition) is 0. The summed E-state index contributed by atoms with van der Waals surface area (Å²) < 4.78 is 18.7. The summed E-state index contributed by atoms with van der Waals surface area (Å²) in [4.78, 5) is 0.351. The van der Waals surface area contributed by atoms with Crippen molar-refractivity contribution in [3.8, 4) is 5.75 Å². The van der Waals surface area contributed by atoms with Crippen LogP contribution in [0.2, 0.25) is 0 Å². The third-order valence-electron chi connectivity index (χ3n) is 3.96. The quantitative estimate of drug-likeness (QED) is 0.740. The Balaban J connectivity index is 1.78. The maximum absolute atomic E-state index is 13.7. The average Bonchev–Trinajstić information content (AvgIpc) is 2.76. The van der Waals surface area contributed by atoms with Crippen molar-refractivity contribution in [1.29, 1.82) is 0 Å². The van der Waals surface area contributed by atoms with Crippen molar-refractivity contribution < 1.29 is 9.13 Å². The van der Waals surface area contributed by atoms with E-state index in [0.717, 1.165) is 18.4 Å². The predicted molar refractivity (Wildman–Crippen MR) is 82.0 cm³/mol. The van der Waals surface area contributed by atoms with E-state index in [9.17, 15) is 4.39 Å². The van der Waals surface area contributed by atoms with Gasteiger partial charge in [-0.05, 0) is 47.6 Å². The highest BCUT2D eigenvalue weighted by molar-refractivity contribution is 9.09. The van der Waals surface area contributed by atoms with Gasteiger partial charge in [-0.2, -0.15) is 0 Å². The lowest BCUT2D eigenvalue weighted by atomic mass is 9.96. The molecule has 0 saturated heterocycles. The van der Waals surface area contributed by atoms with E-state index in [1.165, 1.54) is 18.2 Å². The van der Waals surface area contributed by atoms with E-state index in [1.807, 2.05) is 6.07 Å². The normalized spacial score (nSPS) is 20.8. The van der Waals surface area contributed by atoms with E-state index in [2.05, 4.69) is 40.2 Å². The van der Waals surface area contributed by atoms with Gasteiger partial charge in [-0.25, -0.2) is 4.39 Å². The van der Waals surface area contributed by atoms with E-state index in [4.69, 9.17) is 4.74 Å². The minimum Gasteiger partial charge on any atom is -0.494 e. The van der Waals surface area contributed by atoms with Crippen molar-refractivity contribution in [2.45, 2.75) is 17.7 Å². The number of halogens is 2. The van der Waals surface area contributed by atoms with Gasteiger partial charge >= 0.3 is 0 Å². The molecule has 2 aromatic rings. The van der Waals surface area contributed by atoms with Gasteiger partial charge in [0.2, 0.25) is 0 Å². The molecule has 20 heavy (non-hydrogen) atoms. The largest absolute Gasteiger partial charge is 0.494 e. The van der Waals surface area contributed by atoms with Gasteiger partial charge in [0.05, 0.1) is 7.11 Å². The monoisotopic (exact) mass is 334 g/mol. The lowest BCUT2D eigenvalue weighted by Crippen LogP contribution is -2.07. The Morgan fingerprint density at radius 1 is 1.25 bits per heavy atom. The van der Waals surface area contributed by atoms with Crippen molar-refractivity contribution in [2.24, 2.45) is 5.92 Å². The van der Waals surface area contributed by atoms with Gasteiger partial charge in [-0.3, -0.25) is 0 Å². The van der Waals surface area contributed by atoms with Crippen molar-refractivity contribution in [1.82, 2.24) is 0 Å². The molecule has 3 rings (SSSR count). The second-order valence-corrected chi connectivity index (χ2v) is 6.22. The SMILES string of the molecule is COc1ccc(CC2Cc3ccccc3C2Br)cc1F. The van der Waals surface area contributed by atoms with Gasteiger partial charge in [0.25, 0.3) is 0 Å². The van der Waals surface area contributed by atoms with Crippen LogP contribution in [0.5, 0.6) is 5.75 Å². The summed E-state index contributed by atoms with van der Waals surface area (Å²) in [6.45, 7) is 0. The lowest BCUT2D eigenvalue weighted by Gasteiger charge is -2.15. The smallest absolute Gasteiger partial charge is 0.165 e. The number of fused-ring (bicyclic) bond motifs is 1. The number of benzene rings is 2. The molecule has 0 N–H and O–H groups in total. The molecule has 0 aromatic heterocycles. The molecule has 0 amide bonds. The van der Waals surface area contributed by atoms with Crippen molar-refractivity contribution in [2.75, 3.05) is 7.11 Å². The topological polar surface area (TPSA) is 9.23 Å². The summed E-state index contributed by atoms with van der Waals surface area (Å²) >= 11 is 3.79. The molecule has 0 radical (unpaired) electrons. The van der Waals surface area contributed by atoms with E-state index in [1.54, 1.807) is 12.1 Å². The molecule has 1 nitrogen and oxygen atoms in total. The van der Waals surface area contributed by atoms with Crippen molar-refractivity contribution >= 4 is 15.9 Å². The van der Waals surface area contributed by atoms with E-state index < -0.39 is 0 Å². The Bertz CT molecular complexity index is 626. The lowest BCUT2D eigenvalue weighted by molar-refractivity contribution is 0.386. The second-order valence-electron chi connectivity index (χ2n) is 5.24. The summed E-state index contributed by atoms with van der Waals surface area (Å²) in [6, 6.07) is 13.7. The fourth-order valence-electron chi connectivity index (χ4n) is 2.94. The summed E-state index contributed by atoms with van der Waals surface area (Å²) in [7, 11) is 1.49. The Kier molecular flexibility index (Phi) is 3.79. The number of ether oxygens (including phenoxy) is 1. The summed E-state index contributed by atoms with van der Waals surface area (Å²) in [5.74, 6) is 0.491. The first-order valence-corrected chi connectivity index (χ1v) is 7.65. The van der Waals surface area contributed by atoms with Gasteiger partial charge in [0.1, 0.15) is 0 Å². The Hall–Kier alpha value is -1.35. The maximum atomic E-state index is 13.7. The molecule has 0 spiro atoms. The molecule has 0 saturated carbocycles. The van der Waals surface area contributed by atoms with Crippen LogP contribution in [-0.4, -0.2) is 7.11 Å². The van der Waals surface area contributed by atoms with E-state index in [-0.39, 0.29) is 5.82 Å². The third kappa shape index (κ3) is 2.47. The standard InChI is InChI=1S/C17H16BrFO/c1-20-16-7-6-11(9-15(16)19)8-13-10-12-4-2-3-5-14(12)17(13)18/h2-7,9,13,17H,8,10H2,1H3. The molecule has 0 bridgehead atoms. The van der Waals surface area contributed by atoms with Crippen LogP contribution in [0.15, 0.2) is 42.5 Å². The molecule has 0 fully saturated rings. The second kappa shape index (κ2) is 5.57. The van der Waals surface area contributed by atoms with Crippen LogP contribution >= 0.6 is 15.9 Å². The molecule has 0 heterocycles. The fourth-order valence-corrected chi connectivity index (χ4v) is 3.76. The number of methoxy groups -OCH3 is 1. The van der Waals surface area contributed by atoms with Crippen LogP contribution in [0.3, 0.4) is 0 Å². The minimum atomic E-state index is -0.286. The minimum absolute atomic E-state index is 0.286. The molecule has 3 heteroatoms. The molecule has 1 aliphatic carbocycles. The van der Waals surface area contributed by atoms with E-state index >= 15 is 0 Å². The van der Waals surface area contributed by atoms with Crippen LogP contribution < -0.4 is 4.74 Å². The molecule has 104 valence electrons. The molecule has 0 aliphatic heterocycles. The molecule has 2 aromatic carbocycles. The first-order chi connectivity index (χ1) is 9.69. The zero-order chi connectivity index (χ0) is 14.1. The molecular formula is C17H16BrFO. The fraction of sp³-hybridized carbons (Fsp3) is 0.294. The average molecular weight is 335 g/mol. The number of hydrogen-bond acceptors (Lipinski definition) is 1. The highest BCUT2D eigenvalue weighted by atomic mass is 79.9. The van der Waals surface area contributed by atoms with Gasteiger partial charge in [0.15, 0.2) is 11.6 Å². The molecule has 2 unspecified atom stereocenters. The van der Waals surface area contributed by atoms with Crippen LogP contribution in [-0.2, 0) is 12.8 Å². The summed E-state index contributed by atoms with van der Waals surface area (Å²) in [6.07, 6.45) is 1.91. The number of alkyl halides is 1. The van der Waals surface area contributed by atoms with Gasteiger partial charge in [-0.1, -0.05) is 46.3 Å². The van der Waals surface area contributed by atoms with Gasteiger partial charge in [0, 0.05) is 4.83 Å². The highest BCUT2D eigenvalue weighted by Crippen LogP contribution is 2.43. The molecule has 1 aliphatic rings. The van der Waals surface area contributed by atoms with Crippen LogP contribution in [0.25, 0.3) is 0 Å². The Labute approximate surface area is 126 Å². The zero-order valence-corrected chi connectivity index (χ0v) is 12.9. The van der Waals surface area contributed by atoms with Crippen molar-refractivity contribution in [3.05, 3.63) is 65.0 Å². The summed E-state index contributed by atoms with van der Waals surface area (Å²) in [5, 5.41) is 0.